The molecule has 4 nitrogen and oxygen atoms in total. The van der Waals surface area contributed by atoms with Gasteiger partial charge in [0.2, 0.25) is 0 Å². The second-order valence-electron chi connectivity index (χ2n) is 6.42. The molecule has 0 aromatic heterocycles. The van der Waals surface area contributed by atoms with Crippen molar-refractivity contribution in [1.82, 2.24) is 0 Å². The van der Waals surface area contributed by atoms with E-state index in [1.807, 2.05) is 13.8 Å². The van der Waals surface area contributed by atoms with Crippen LogP contribution in [0.25, 0.3) is 0 Å². The van der Waals surface area contributed by atoms with Crippen molar-refractivity contribution >= 4 is 11.7 Å². The molecule has 0 aliphatic heterocycles. The highest BCUT2D eigenvalue weighted by Gasteiger charge is 2.57. The van der Waals surface area contributed by atoms with Crippen LogP contribution in [0.1, 0.15) is 33.1 Å². The van der Waals surface area contributed by atoms with Gasteiger partial charge in [0.25, 0.3) is 5.91 Å². The molecule has 2 unspecified atom stereocenters. The van der Waals surface area contributed by atoms with E-state index < -0.39 is 23.9 Å². The first kappa shape index (κ1) is 20.0. The summed E-state index contributed by atoms with van der Waals surface area (Å²) in [5.41, 5.74) is 10.4. The number of primary amides is 1. The molecule has 0 spiro atoms. The maximum absolute atomic E-state index is 12.9. The summed E-state index contributed by atoms with van der Waals surface area (Å²) in [6.07, 6.45) is -1.60. The van der Waals surface area contributed by atoms with Gasteiger partial charge in [0.1, 0.15) is 0 Å². The third kappa shape index (κ3) is 5.25. The summed E-state index contributed by atoms with van der Waals surface area (Å²) in [4.78, 5) is 23.6. The molecule has 0 radical (unpaired) electrons. The largest absolute Gasteiger partial charge is 0.404 e. The van der Waals surface area contributed by atoms with Crippen LogP contribution in [-0.4, -0.2) is 17.9 Å². The highest BCUT2D eigenvalue weighted by atomic mass is 19.4. The predicted molar refractivity (Wildman–Crippen MR) is 85.4 cm³/mol. The number of hydrogen-bond donors (Lipinski definition) is 2. The summed E-state index contributed by atoms with van der Waals surface area (Å²) in [6.45, 7) is 7.45. The van der Waals surface area contributed by atoms with Crippen LogP contribution < -0.4 is 11.5 Å². The van der Waals surface area contributed by atoms with E-state index >= 15 is 0 Å². The van der Waals surface area contributed by atoms with Gasteiger partial charge in [0, 0.05) is 12.6 Å². The van der Waals surface area contributed by atoms with Crippen LogP contribution in [0.3, 0.4) is 0 Å². The van der Waals surface area contributed by atoms with Crippen LogP contribution in [0.15, 0.2) is 35.6 Å². The average molecular weight is 344 g/mol. The van der Waals surface area contributed by atoms with Crippen molar-refractivity contribution in [1.29, 1.82) is 0 Å². The van der Waals surface area contributed by atoms with Gasteiger partial charge in [-0.3, -0.25) is 9.59 Å². The Morgan fingerprint density at radius 3 is 2.29 bits per heavy atom. The lowest BCUT2D eigenvalue weighted by Gasteiger charge is -2.11. The highest BCUT2D eigenvalue weighted by molar-refractivity contribution is 6.00. The summed E-state index contributed by atoms with van der Waals surface area (Å²) in [5, 5.41) is 0. The van der Waals surface area contributed by atoms with Crippen molar-refractivity contribution in [2.75, 3.05) is 0 Å². The minimum absolute atomic E-state index is 0.0450. The van der Waals surface area contributed by atoms with Gasteiger partial charge in [-0.1, -0.05) is 20.4 Å². The molecule has 2 atom stereocenters. The zero-order valence-corrected chi connectivity index (χ0v) is 13.8. The molecule has 7 heteroatoms. The first-order valence-corrected chi connectivity index (χ1v) is 7.71. The molecule has 0 aromatic rings. The van der Waals surface area contributed by atoms with E-state index in [2.05, 4.69) is 6.58 Å². The molecule has 1 aliphatic rings. The van der Waals surface area contributed by atoms with Gasteiger partial charge in [0.15, 0.2) is 5.78 Å². The van der Waals surface area contributed by atoms with E-state index in [-0.39, 0.29) is 41.3 Å². The van der Waals surface area contributed by atoms with E-state index in [1.54, 1.807) is 0 Å². The fourth-order valence-corrected chi connectivity index (χ4v) is 2.47. The molecular formula is C17H23F3N2O2. The highest BCUT2D eigenvalue weighted by Crippen LogP contribution is 2.54. The molecule has 1 amide bonds. The van der Waals surface area contributed by atoms with Crippen molar-refractivity contribution in [3.05, 3.63) is 35.6 Å². The third-order valence-electron chi connectivity index (χ3n) is 3.99. The number of alkyl halides is 3. The molecule has 0 aromatic carbocycles. The summed E-state index contributed by atoms with van der Waals surface area (Å²) < 4.78 is 38.6. The van der Waals surface area contributed by atoms with Crippen LogP contribution in [0.2, 0.25) is 0 Å². The monoisotopic (exact) mass is 344 g/mol. The number of Topliss-reactive ketones (excluding diaryl/α,β-unsaturated/α-hetero) is 1. The Morgan fingerprint density at radius 2 is 1.92 bits per heavy atom. The van der Waals surface area contributed by atoms with Crippen LogP contribution in [0.4, 0.5) is 13.2 Å². The molecule has 1 fully saturated rings. The Morgan fingerprint density at radius 1 is 1.33 bits per heavy atom. The van der Waals surface area contributed by atoms with Gasteiger partial charge in [-0.2, -0.15) is 13.2 Å². The molecule has 0 heterocycles. The quantitative estimate of drug-likeness (QED) is 0.524. The van der Waals surface area contributed by atoms with E-state index in [4.69, 9.17) is 11.5 Å². The fraction of sp³-hybridized carbons (Fsp3) is 0.529. The summed E-state index contributed by atoms with van der Waals surface area (Å²) in [7, 11) is 0. The Bertz CT molecular complexity index is 589. The molecule has 24 heavy (non-hydrogen) atoms. The fourth-order valence-electron chi connectivity index (χ4n) is 2.47. The van der Waals surface area contributed by atoms with Gasteiger partial charge in [-0.25, -0.2) is 0 Å². The lowest BCUT2D eigenvalue weighted by Crippen LogP contribution is -2.18. The second-order valence-corrected chi connectivity index (χ2v) is 6.42. The van der Waals surface area contributed by atoms with Crippen molar-refractivity contribution in [3.8, 4) is 0 Å². The number of nitrogens with two attached hydrogens (primary N) is 2. The Hall–Kier alpha value is -2.05. The van der Waals surface area contributed by atoms with E-state index in [0.717, 1.165) is 6.20 Å². The molecular weight excluding hydrogens is 321 g/mol. The molecule has 134 valence electrons. The maximum Gasteiger partial charge on any atom is 0.392 e. The van der Waals surface area contributed by atoms with E-state index in [1.165, 1.54) is 6.08 Å². The Labute approximate surface area is 139 Å². The number of carbonyl (C=O) groups excluding carboxylic acids is 2. The Balaban J connectivity index is 3.06. The molecule has 0 bridgehead atoms. The minimum atomic E-state index is -4.35. The van der Waals surface area contributed by atoms with Crippen LogP contribution >= 0.6 is 0 Å². The predicted octanol–water partition coefficient (Wildman–Crippen LogP) is 3.00. The van der Waals surface area contributed by atoms with Crippen LogP contribution in [-0.2, 0) is 9.59 Å². The van der Waals surface area contributed by atoms with Gasteiger partial charge < -0.3 is 11.5 Å². The second kappa shape index (κ2) is 7.68. The smallest absolute Gasteiger partial charge is 0.392 e. The SMILES string of the molecule is C=C(/C=C(\C(=O)CCC(C)C)C1CC1C(F)(F)F)/C(=C/N)C(N)=O. The number of halogens is 3. The zero-order valence-electron chi connectivity index (χ0n) is 13.8. The maximum atomic E-state index is 12.9. The van der Waals surface area contributed by atoms with Crippen molar-refractivity contribution in [3.63, 3.8) is 0 Å². The van der Waals surface area contributed by atoms with E-state index in [0.29, 0.717) is 6.42 Å². The van der Waals surface area contributed by atoms with Gasteiger partial charge in [0.05, 0.1) is 11.5 Å². The summed E-state index contributed by atoms with van der Waals surface area (Å²) in [6, 6.07) is 0. The number of ketones is 1. The normalized spacial score (nSPS) is 21.8. The van der Waals surface area contributed by atoms with Crippen LogP contribution in [0, 0.1) is 17.8 Å². The number of amides is 1. The number of allylic oxidation sites excluding steroid dienone is 2. The standard InChI is InChI=1S/C17H23F3N2O2/c1-9(2)4-5-15(23)12(11-7-14(11)17(18,19)20)6-10(3)13(8-21)16(22)24/h6,8-9,11,14H,3-5,7,21H2,1-2H3,(H2,22,24)/b12-6-,13-8-. The minimum Gasteiger partial charge on any atom is -0.404 e. The van der Waals surface area contributed by atoms with Gasteiger partial charge in [-0.15, -0.1) is 0 Å². The number of hydrogen-bond acceptors (Lipinski definition) is 3. The Kier molecular flexibility index (Phi) is 6.40. The summed E-state index contributed by atoms with van der Waals surface area (Å²) >= 11 is 0. The van der Waals surface area contributed by atoms with Crippen molar-refractivity contribution in [2.45, 2.75) is 39.3 Å². The van der Waals surface area contributed by atoms with Gasteiger partial charge in [-0.05, 0) is 41.9 Å². The molecule has 1 rings (SSSR count). The lowest BCUT2D eigenvalue weighted by molar-refractivity contribution is -0.150. The lowest BCUT2D eigenvalue weighted by atomic mass is 9.94. The van der Waals surface area contributed by atoms with Crippen molar-refractivity contribution < 1.29 is 22.8 Å². The van der Waals surface area contributed by atoms with Crippen LogP contribution in [0.5, 0.6) is 0 Å². The summed E-state index contributed by atoms with van der Waals surface area (Å²) in [5.74, 6) is -3.38. The molecule has 1 aliphatic carbocycles. The third-order valence-corrected chi connectivity index (χ3v) is 3.99. The molecule has 4 N–H and O–H groups in total. The van der Waals surface area contributed by atoms with Crippen molar-refractivity contribution in [2.24, 2.45) is 29.2 Å². The topological polar surface area (TPSA) is 86.2 Å². The van der Waals surface area contributed by atoms with E-state index in [9.17, 15) is 22.8 Å². The zero-order chi connectivity index (χ0) is 18.7. The van der Waals surface area contributed by atoms with Gasteiger partial charge >= 0.3 is 6.18 Å². The first-order valence-electron chi connectivity index (χ1n) is 7.71. The first-order chi connectivity index (χ1) is 11.0. The number of carbonyl (C=O) groups is 2. The average Bonchev–Trinajstić information content (AvgIpc) is 3.22. The molecule has 0 saturated heterocycles. The molecule has 1 saturated carbocycles. The number of rotatable bonds is 8.